The minimum Gasteiger partial charge on any atom is -0.478 e. The molecule has 124 valence electrons. The number of para-hydroxylation sites is 1. The average Bonchev–Trinajstić information content (AvgIpc) is 2.58. The zero-order valence-corrected chi connectivity index (χ0v) is 15.0. The maximum Gasteiger partial charge on any atom is 0.337 e. The lowest BCUT2D eigenvalue weighted by molar-refractivity contribution is 0.0696. The van der Waals surface area contributed by atoms with Gasteiger partial charge in [-0.3, -0.25) is 9.97 Å². The fourth-order valence-electron chi connectivity index (χ4n) is 2.26. The summed E-state index contributed by atoms with van der Waals surface area (Å²) in [6.45, 7) is 4.14. The van der Waals surface area contributed by atoms with Crippen LogP contribution < -0.4 is 5.73 Å². The molecule has 3 aromatic rings. The number of aromatic nitrogens is 2. The molecule has 0 saturated heterocycles. The third-order valence-corrected chi connectivity index (χ3v) is 4.01. The maximum absolute atomic E-state index is 10.3. The van der Waals surface area contributed by atoms with Crippen molar-refractivity contribution in [3.8, 4) is 0 Å². The third-order valence-electron chi connectivity index (χ3n) is 3.57. The Kier molecular flexibility index (Phi) is 5.87. The summed E-state index contributed by atoms with van der Waals surface area (Å²) in [5, 5.41) is 9.51. The van der Waals surface area contributed by atoms with Gasteiger partial charge in [0.2, 0.25) is 0 Å². The molecule has 0 radical (unpaired) electrons. The molecule has 3 rings (SSSR count). The highest BCUT2D eigenvalue weighted by molar-refractivity contribution is 9.10. The van der Waals surface area contributed by atoms with Crippen molar-refractivity contribution >= 4 is 38.5 Å². The summed E-state index contributed by atoms with van der Waals surface area (Å²) in [6.07, 6.45) is 3.76. The fraction of sp³-hybridized carbons (Fsp3) is 0.167. The van der Waals surface area contributed by atoms with Crippen molar-refractivity contribution in [2.75, 3.05) is 5.73 Å². The summed E-state index contributed by atoms with van der Waals surface area (Å²) in [5.41, 5.74) is 10.3. The molecule has 6 heteroatoms. The van der Waals surface area contributed by atoms with E-state index in [0.717, 1.165) is 34.3 Å². The molecular weight excluding hydrogens is 370 g/mol. The Morgan fingerprint density at radius 3 is 2.58 bits per heavy atom. The number of aryl methyl sites for hydroxylation is 1. The van der Waals surface area contributed by atoms with E-state index >= 15 is 0 Å². The number of hydrogen-bond acceptors (Lipinski definition) is 4. The lowest BCUT2D eigenvalue weighted by Gasteiger charge is -2.09. The molecule has 0 aliphatic rings. The van der Waals surface area contributed by atoms with Crippen molar-refractivity contribution in [3.63, 3.8) is 0 Å². The summed E-state index contributed by atoms with van der Waals surface area (Å²) in [5.74, 6) is -0.964. The van der Waals surface area contributed by atoms with E-state index in [1.54, 1.807) is 0 Å². The number of halogens is 1. The van der Waals surface area contributed by atoms with E-state index in [9.17, 15) is 4.79 Å². The van der Waals surface area contributed by atoms with Crippen LogP contribution in [0, 0.1) is 6.92 Å². The lowest BCUT2D eigenvalue weighted by atomic mass is 10.1. The van der Waals surface area contributed by atoms with Crippen LogP contribution >= 0.6 is 15.9 Å². The Morgan fingerprint density at radius 2 is 2.00 bits per heavy atom. The average molecular weight is 388 g/mol. The highest BCUT2D eigenvalue weighted by atomic mass is 79.9. The predicted octanol–water partition coefficient (Wildman–Crippen LogP) is 4.23. The summed E-state index contributed by atoms with van der Waals surface area (Å²) >= 11 is 3.10. The summed E-state index contributed by atoms with van der Waals surface area (Å²) in [7, 11) is 0. The van der Waals surface area contributed by atoms with Gasteiger partial charge in [-0.2, -0.15) is 0 Å². The van der Waals surface area contributed by atoms with Gasteiger partial charge in [-0.1, -0.05) is 25.1 Å². The van der Waals surface area contributed by atoms with E-state index in [1.807, 2.05) is 31.2 Å². The number of hydrogen-bond donors (Lipinski definition) is 2. The number of benzene rings is 1. The number of carboxylic acid groups (broad SMARTS) is 1. The number of nitrogen functional groups attached to an aromatic ring is 1. The first-order valence-corrected chi connectivity index (χ1v) is 8.20. The van der Waals surface area contributed by atoms with Gasteiger partial charge in [0, 0.05) is 33.6 Å². The second-order valence-corrected chi connectivity index (χ2v) is 6.08. The minimum atomic E-state index is -0.964. The summed E-state index contributed by atoms with van der Waals surface area (Å²) < 4.78 is 0.674. The molecule has 0 saturated carbocycles. The van der Waals surface area contributed by atoms with Crippen LogP contribution in [-0.2, 0) is 6.42 Å². The second kappa shape index (κ2) is 7.88. The predicted molar refractivity (Wildman–Crippen MR) is 99.2 cm³/mol. The second-order valence-electron chi connectivity index (χ2n) is 5.16. The Labute approximate surface area is 148 Å². The Bertz CT molecular complexity index is 881. The van der Waals surface area contributed by atoms with Gasteiger partial charge in [0.25, 0.3) is 0 Å². The normalized spacial score (nSPS) is 10.1. The van der Waals surface area contributed by atoms with Crippen molar-refractivity contribution < 1.29 is 9.90 Å². The molecule has 0 atom stereocenters. The van der Waals surface area contributed by atoms with Crippen LogP contribution in [0.1, 0.15) is 28.5 Å². The molecule has 0 spiro atoms. The van der Waals surface area contributed by atoms with E-state index in [4.69, 9.17) is 10.8 Å². The van der Waals surface area contributed by atoms with Crippen molar-refractivity contribution in [3.05, 3.63) is 64.0 Å². The molecule has 2 heterocycles. The van der Waals surface area contributed by atoms with Gasteiger partial charge in [-0.15, -0.1) is 0 Å². The summed E-state index contributed by atoms with van der Waals surface area (Å²) in [6, 6.07) is 9.50. The van der Waals surface area contributed by atoms with E-state index in [-0.39, 0.29) is 5.56 Å². The van der Waals surface area contributed by atoms with E-state index in [2.05, 4.69) is 32.8 Å². The number of nitrogens with zero attached hydrogens (tertiary/aromatic N) is 2. The van der Waals surface area contributed by atoms with E-state index < -0.39 is 5.97 Å². The topological polar surface area (TPSA) is 89.1 Å². The van der Waals surface area contributed by atoms with Crippen LogP contribution in [0.4, 0.5) is 5.69 Å². The highest BCUT2D eigenvalue weighted by Crippen LogP contribution is 2.24. The quantitative estimate of drug-likeness (QED) is 0.686. The zero-order valence-electron chi connectivity index (χ0n) is 13.5. The number of fused-ring (bicyclic) bond motifs is 1. The molecule has 2 aromatic heterocycles. The monoisotopic (exact) mass is 387 g/mol. The molecule has 0 aliphatic heterocycles. The standard InChI is InChI=1S/C12H14N2.C6H4BrNO2/c1-3-10-8(2)12(13)9-6-4-5-7-11(9)14-10;7-5-1-4(6(9)10)2-8-3-5/h4-7H,3H2,1-2H3,(H2,13,14);1-3H,(H,9,10). The van der Waals surface area contributed by atoms with Gasteiger partial charge in [0.15, 0.2) is 0 Å². The smallest absolute Gasteiger partial charge is 0.337 e. The number of carboxylic acids is 1. The van der Waals surface area contributed by atoms with Crippen molar-refractivity contribution in [1.29, 1.82) is 0 Å². The van der Waals surface area contributed by atoms with Crippen LogP contribution in [0.3, 0.4) is 0 Å². The minimum absolute atomic E-state index is 0.189. The van der Waals surface area contributed by atoms with Crippen molar-refractivity contribution in [2.45, 2.75) is 20.3 Å². The van der Waals surface area contributed by atoms with Crippen molar-refractivity contribution in [1.82, 2.24) is 9.97 Å². The molecule has 0 amide bonds. The van der Waals surface area contributed by atoms with Gasteiger partial charge < -0.3 is 10.8 Å². The maximum atomic E-state index is 10.3. The molecule has 0 fully saturated rings. The Morgan fingerprint density at radius 1 is 1.29 bits per heavy atom. The van der Waals surface area contributed by atoms with Crippen LogP contribution in [0.15, 0.2) is 47.2 Å². The Hall–Kier alpha value is -2.47. The Balaban J connectivity index is 0.000000185. The highest BCUT2D eigenvalue weighted by Gasteiger charge is 2.06. The van der Waals surface area contributed by atoms with Gasteiger partial charge in [0.1, 0.15) is 0 Å². The number of nitrogens with two attached hydrogens (primary N) is 1. The molecule has 1 aromatic carbocycles. The SMILES string of the molecule is CCc1nc2ccccc2c(N)c1C.O=C(O)c1cncc(Br)c1. The number of carbonyl (C=O) groups is 1. The van der Waals surface area contributed by atoms with E-state index in [0.29, 0.717) is 4.47 Å². The molecule has 5 nitrogen and oxygen atoms in total. The van der Waals surface area contributed by atoms with Gasteiger partial charge in [-0.25, -0.2) is 4.79 Å². The first kappa shape index (κ1) is 17.9. The van der Waals surface area contributed by atoms with Crippen molar-refractivity contribution in [2.24, 2.45) is 0 Å². The molecule has 0 bridgehead atoms. The van der Waals surface area contributed by atoms with E-state index in [1.165, 1.54) is 18.5 Å². The van der Waals surface area contributed by atoms with Crippen LogP contribution in [0.25, 0.3) is 10.9 Å². The molecular formula is C18H18BrN3O2. The third kappa shape index (κ3) is 4.08. The first-order chi connectivity index (χ1) is 11.4. The van der Waals surface area contributed by atoms with Crippen LogP contribution in [0.2, 0.25) is 0 Å². The largest absolute Gasteiger partial charge is 0.478 e. The number of rotatable bonds is 2. The van der Waals surface area contributed by atoms with Gasteiger partial charge in [-0.05, 0) is 47.0 Å². The van der Waals surface area contributed by atoms with Gasteiger partial charge in [0.05, 0.1) is 11.1 Å². The number of anilines is 1. The molecule has 24 heavy (non-hydrogen) atoms. The first-order valence-electron chi connectivity index (χ1n) is 7.41. The zero-order chi connectivity index (χ0) is 17.7. The lowest BCUT2D eigenvalue weighted by Crippen LogP contribution is -1.99. The molecule has 0 unspecified atom stereocenters. The van der Waals surface area contributed by atoms with Crippen LogP contribution in [0.5, 0.6) is 0 Å². The van der Waals surface area contributed by atoms with Crippen LogP contribution in [-0.4, -0.2) is 21.0 Å². The molecule has 0 aliphatic carbocycles. The summed E-state index contributed by atoms with van der Waals surface area (Å²) in [4.78, 5) is 18.5. The number of aromatic carboxylic acids is 1. The molecule has 3 N–H and O–H groups in total. The van der Waals surface area contributed by atoms with Gasteiger partial charge >= 0.3 is 5.97 Å². The number of pyridine rings is 2. The fourth-order valence-corrected chi connectivity index (χ4v) is 2.62.